The molecule has 13 heteroatoms. The van der Waals surface area contributed by atoms with Crippen LogP contribution in [0.4, 0.5) is 23.2 Å². The molecule has 28 heavy (non-hydrogen) atoms. The van der Waals surface area contributed by atoms with Crippen LogP contribution in [-0.4, -0.2) is 29.4 Å². The molecule has 0 saturated carbocycles. The van der Waals surface area contributed by atoms with Crippen molar-refractivity contribution in [2.45, 2.75) is 19.9 Å². The highest BCUT2D eigenvalue weighted by Gasteiger charge is 2.24. The third-order valence-corrected chi connectivity index (χ3v) is 6.27. The monoisotopic (exact) mass is 436 g/mol. The molecular weight excluding hydrogens is 424 g/mol. The molecule has 3 rings (SSSR count). The van der Waals surface area contributed by atoms with Gasteiger partial charge in [0.15, 0.2) is 11.6 Å². The molecule has 2 heterocycles. The van der Waals surface area contributed by atoms with Crippen LogP contribution in [0.3, 0.4) is 0 Å². The topological polar surface area (TPSA) is 89.2 Å². The SMILES string of the molecule is CCS(=O)(=O)N(Cc1ncc(-c2nnc(C(F)F)o2)s1)c1ccc(F)c(F)c1. The molecule has 0 amide bonds. The first-order valence-corrected chi connectivity index (χ1v) is 10.2. The summed E-state index contributed by atoms with van der Waals surface area (Å²) in [4.78, 5) is 4.29. The maximum atomic E-state index is 13.6. The molecule has 2 aromatic heterocycles. The summed E-state index contributed by atoms with van der Waals surface area (Å²) in [7, 11) is -3.84. The second-order valence-electron chi connectivity index (χ2n) is 5.37. The standard InChI is InChI=1S/C15H12F4N4O3S2/c1-2-28(24,25)23(8-3-4-9(16)10(17)5-8)7-12-20-6-11(27-12)14-21-22-15(26-14)13(18)19/h3-6,13H,2,7H2,1H3. The number of anilines is 1. The van der Waals surface area contributed by atoms with Crippen molar-refractivity contribution in [2.24, 2.45) is 0 Å². The smallest absolute Gasteiger partial charge is 0.314 e. The summed E-state index contributed by atoms with van der Waals surface area (Å²) in [5.74, 6) is -3.62. The first kappa shape index (κ1) is 20.2. The van der Waals surface area contributed by atoms with E-state index in [-0.39, 0.29) is 33.8 Å². The van der Waals surface area contributed by atoms with Crippen LogP contribution >= 0.6 is 11.3 Å². The Morgan fingerprint density at radius 2 is 1.96 bits per heavy atom. The van der Waals surface area contributed by atoms with Crippen molar-refractivity contribution in [1.82, 2.24) is 15.2 Å². The summed E-state index contributed by atoms with van der Waals surface area (Å²) in [5, 5.41) is 6.96. The van der Waals surface area contributed by atoms with Crippen molar-refractivity contribution in [1.29, 1.82) is 0 Å². The molecule has 0 N–H and O–H groups in total. The van der Waals surface area contributed by atoms with Gasteiger partial charge in [0.25, 0.3) is 11.8 Å². The molecule has 0 aliphatic carbocycles. The number of alkyl halides is 2. The summed E-state index contributed by atoms with van der Waals surface area (Å²) in [6.45, 7) is 1.13. The predicted molar refractivity (Wildman–Crippen MR) is 92.4 cm³/mol. The molecule has 0 saturated heterocycles. The molecule has 7 nitrogen and oxygen atoms in total. The Kier molecular flexibility index (Phi) is 5.65. The molecule has 0 aliphatic rings. The van der Waals surface area contributed by atoms with Crippen LogP contribution in [0.2, 0.25) is 0 Å². The van der Waals surface area contributed by atoms with E-state index in [2.05, 4.69) is 15.2 Å². The van der Waals surface area contributed by atoms with E-state index in [1.165, 1.54) is 13.1 Å². The third-order valence-electron chi connectivity index (χ3n) is 3.56. The molecule has 0 bridgehead atoms. The molecule has 0 radical (unpaired) electrons. The first-order chi connectivity index (χ1) is 13.2. The van der Waals surface area contributed by atoms with Crippen LogP contribution in [0.25, 0.3) is 10.8 Å². The first-order valence-electron chi connectivity index (χ1n) is 7.73. The fourth-order valence-electron chi connectivity index (χ4n) is 2.17. The predicted octanol–water partition coefficient (Wildman–Crippen LogP) is 3.77. The van der Waals surface area contributed by atoms with E-state index in [1.54, 1.807) is 0 Å². The van der Waals surface area contributed by atoms with Crippen molar-refractivity contribution in [3.8, 4) is 10.8 Å². The number of nitrogens with zero attached hydrogens (tertiary/aromatic N) is 4. The Bertz CT molecular complexity index is 1080. The van der Waals surface area contributed by atoms with Crippen LogP contribution in [0.5, 0.6) is 0 Å². The van der Waals surface area contributed by atoms with Crippen molar-refractivity contribution in [2.75, 3.05) is 10.1 Å². The van der Waals surface area contributed by atoms with E-state index in [9.17, 15) is 26.0 Å². The zero-order valence-corrected chi connectivity index (χ0v) is 15.8. The Labute approximate surface area is 160 Å². The molecule has 3 aromatic rings. The van der Waals surface area contributed by atoms with Crippen molar-refractivity contribution < 1.29 is 30.4 Å². The second-order valence-corrected chi connectivity index (χ2v) is 8.67. The summed E-state index contributed by atoms with van der Waals surface area (Å²) in [6, 6.07) is 2.72. The number of hydrogen-bond acceptors (Lipinski definition) is 7. The third kappa shape index (κ3) is 4.14. The van der Waals surface area contributed by atoms with Gasteiger partial charge in [-0.2, -0.15) is 8.78 Å². The Balaban J connectivity index is 1.91. The number of thiazole rings is 1. The van der Waals surface area contributed by atoms with Gasteiger partial charge in [0.1, 0.15) is 9.88 Å². The quantitative estimate of drug-likeness (QED) is 0.524. The van der Waals surface area contributed by atoms with Crippen molar-refractivity contribution >= 4 is 27.0 Å². The number of hydrogen-bond donors (Lipinski definition) is 0. The average Bonchev–Trinajstić information content (AvgIpc) is 3.31. The minimum absolute atomic E-state index is 0.0738. The van der Waals surface area contributed by atoms with Gasteiger partial charge in [0, 0.05) is 6.07 Å². The number of benzene rings is 1. The largest absolute Gasteiger partial charge is 0.414 e. The molecule has 0 spiro atoms. The molecule has 0 unspecified atom stereocenters. The number of rotatable bonds is 7. The van der Waals surface area contributed by atoms with Gasteiger partial charge in [-0.05, 0) is 19.1 Å². The van der Waals surface area contributed by atoms with Crippen LogP contribution in [-0.2, 0) is 16.6 Å². The summed E-state index contributed by atoms with van der Waals surface area (Å²) in [6.07, 6.45) is -1.66. The van der Waals surface area contributed by atoms with Gasteiger partial charge in [-0.3, -0.25) is 4.31 Å². The molecule has 0 fully saturated rings. The summed E-state index contributed by atoms with van der Waals surface area (Å²) >= 11 is 0.942. The van der Waals surface area contributed by atoms with Gasteiger partial charge in [-0.25, -0.2) is 22.2 Å². The van der Waals surface area contributed by atoms with E-state index in [0.717, 1.165) is 33.8 Å². The number of aromatic nitrogens is 3. The van der Waals surface area contributed by atoms with Gasteiger partial charge >= 0.3 is 6.43 Å². The maximum Gasteiger partial charge on any atom is 0.314 e. The van der Waals surface area contributed by atoms with E-state index < -0.39 is 34.0 Å². The summed E-state index contributed by atoms with van der Waals surface area (Å²) in [5.41, 5.74) is -0.0738. The van der Waals surface area contributed by atoms with Gasteiger partial charge in [0.2, 0.25) is 10.0 Å². The van der Waals surface area contributed by atoms with Crippen LogP contribution < -0.4 is 4.31 Å². The van der Waals surface area contributed by atoms with E-state index in [1.807, 2.05) is 0 Å². The lowest BCUT2D eigenvalue weighted by molar-refractivity contribution is 0.116. The van der Waals surface area contributed by atoms with Gasteiger partial charge in [0.05, 0.1) is 24.2 Å². The second kappa shape index (κ2) is 7.83. The minimum Gasteiger partial charge on any atom is -0.414 e. The average molecular weight is 436 g/mol. The van der Waals surface area contributed by atoms with E-state index >= 15 is 0 Å². The summed E-state index contributed by atoms with van der Waals surface area (Å²) < 4.78 is 82.4. The molecule has 0 aliphatic heterocycles. The number of sulfonamides is 1. The Morgan fingerprint density at radius 1 is 1.21 bits per heavy atom. The van der Waals surface area contributed by atoms with Crippen molar-refractivity contribution in [3.05, 3.63) is 46.9 Å². The lowest BCUT2D eigenvalue weighted by Gasteiger charge is -2.22. The minimum atomic E-state index is -3.84. The lowest BCUT2D eigenvalue weighted by atomic mass is 10.3. The van der Waals surface area contributed by atoms with E-state index in [4.69, 9.17) is 4.42 Å². The maximum absolute atomic E-state index is 13.6. The van der Waals surface area contributed by atoms with Gasteiger partial charge in [-0.15, -0.1) is 21.5 Å². The fraction of sp³-hybridized carbons (Fsp3) is 0.267. The van der Waals surface area contributed by atoms with Gasteiger partial charge < -0.3 is 4.42 Å². The Morgan fingerprint density at radius 3 is 2.57 bits per heavy atom. The van der Waals surface area contributed by atoms with E-state index in [0.29, 0.717) is 0 Å². The molecule has 1 aromatic carbocycles. The fourth-order valence-corrected chi connectivity index (χ4v) is 4.15. The zero-order chi connectivity index (χ0) is 20.5. The molecular formula is C15H12F4N4O3S2. The normalized spacial score (nSPS) is 11.9. The Hall–Kier alpha value is -2.54. The highest BCUT2D eigenvalue weighted by molar-refractivity contribution is 7.92. The highest BCUT2D eigenvalue weighted by Crippen LogP contribution is 2.30. The highest BCUT2D eigenvalue weighted by atomic mass is 32.2. The van der Waals surface area contributed by atoms with Crippen molar-refractivity contribution in [3.63, 3.8) is 0 Å². The molecule has 150 valence electrons. The van der Waals surface area contributed by atoms with Crippen LogP contribution in [0, 0.1) is 11.6 Å². The zero-order valence-electron chi connectivity index (χ0n) is 14.1. The molecule has 0 atom stereocenters. The lowest BCUT2D eigenvalue weighted by Crippen LogP contribution is -2.32. The van der Waals surface area contributed by atoms with Crippen LogP contribution in [0.1, 0.15) is 24.2 Å². The van der Waals surface area contributed by atoms with Crippen LogP contribution in [0.15, 0.2) is 28.8 Å². The number of halogens is 4. The van der Waals surface area contributed by atoms with Gasteiger partial charge in [-0.1, -0.05) is 0 Å².